The number of esters is 1. The van der Waals surface area contributed by atoms with Crippen molar-refractivity contribution >= 4 is 5.97 Å². The molecular weight excluding hydrogens is 372 g/mol. The second kappa shape index (κ2) is 10.8. The third-order valence-corrected chi connectivity index (χ3v) is 6.54. The standard InChI is InChI=1S/C27H36O3/c1-19(2)24-16-15-20(3)17-25(24)29-18-26(28)30-27(23-13-9-6-10-14-23)21(4)22-11-7-5-8-12-22/h5-14,19-21,24-25,27H,15-18H2,1-4H3/t20-,21-,24-,25+,27+/m1/s1. The zero-order chi connectivity index (χ0) is 21.5. The number of hydrogen-bond donors (Lipinski definition) is 0. The van der Waals surface area contributed by atoms with Crippen molar-refractivity contribution in [2.24, 2.45) is 17.8 Å². The molecule has 30 heavy (non-hydrogen) atoms. The van der Waals surface area contributed by atoms with Gasteiger partial charge in [-0.1, -0.05) is 94.8 Å². The van der Waals surface area contributed by atoms with Crippen molar-refractivity contribution in [1.29, 1.82) is 0 Å². The van der Waals surface area contributed by atoms with Crippen LogP contribution in [0.4, 0.5) is 0 Å². The van der Waals surface area contributed by atoms with E-state index in [2.05, 4.69) is 39.8 Å². The molecule has 1 aliphatic rings. The van der Waals surface area contributed by atoms with E-state index in [9.17, 15) is 4.79 Å². The Morgan fingerprint density at radius 1 is 0.933 bits per heavy atom. The number of benzene rings is 2. The van der Waals surface area contributed by atoms with Crippen molar-refractivity contribution in [3.8, 4) is 0 Å². The summed E-state index contributed by atoms with van der Waals surface area (Å²) in [6.45, 7) is 8.91. The third kappa shape index (κ3) is 5.95. The van der Waals surface area contributed by atoms with Gasteiger partial charge < -0.3 is 9.47 Å². The summed E-state index contributed by atoms with van der Waals surface area (Å²) in [4.78, 5) is 12.8. The van der Waals surface area contributed by atoms with Crippen molar-refractivity contribution in [2.75, 3.05) is 6.61 Å². The Kier molecular flexibility index (Phi) is 8.09. The molecule has 0 bridgehead atoms. The Bertz CT molecular complexity index is 771. The quantitative estimate of drug-likeness (QED) is 0.465. The van der Waals surface area contributed by atoms with Crippen molar-refractivity contribution in [3.63, 3.8) is 0 Å². The summed E-state index contributed by atoms with van der Waals surface area (Å²) < 4.78 is 12.1. The predicted molar refractivity (Wildman–Crippen MR) is 121 cm³/mol. The van der Waals surface area contributed by atoms with E-state index in [1.807, 2.05) is 48.5 Å². The van der Waals surface area contributed by atoms with E-state index in [0.29, 0.717) is 17.8 Å². The molecule has 2 aromatic carbocycles. The SMILES string of the molecule is CC(C)[C@H]1CC[C@@H](C)C[C@@H]1OCC(=O)O[C@H](c1ccccc1)[C@H](C)c1ccccc1. The van der Waals surface area contributed by atoms with E-state index < -0.39 is 0 Å². The highest BCUT2D eigenvalue weighted by Gasteiger charge is 2.32. The lowest BCUT2D eigenvalue weighted by Gasteiger charge is -2.37. The van der Waals surface area contributed by atoms with Crippen LogP contribution in [0.3, 0.4) is 0 Å². The van der Waals surface area contributed by atoms with E-state index >= 15 is 0 Å². The maximum Gasteiger partial charge on any atom is 0.332 e. The monoisotopic (exact) mass is 408 g/mol. The maximum absolute atomic E-state index is 12.8. The molecule has 3 nitrogen and oxygen atoms in total. The van der Waals surface area contributed by atoms with Gasteiger partial charge in [-0.15, -0.1) is 0 Å². The second-order valence-corrected chi connectivity index (χ2v) is 9.20. The number of ether oxygens (including phenoxy) is 2. The van der Waals surface area contributed by atoms with Gasteiger partial charge >= 0.3 is 5.97 Å². The molecule has 0 spiro atoms. The highest BCUT2D eigenvalue weighted by Crippen LogP contribution is 2.36. The van der Waals surface area contributed by atoms with E-state index in [0.717, 1.165) is 17.5 Å². The fraction of sp³-hybridized carbons (Fsp3) is 0.519. The third-order valence-electron chi connectivity index (χ3n) is 6.54. The van der Waals surface area contributed by atoms with Gasteiger partial charge in [0.05, 0.1) is 6.10 Å². The smallest absolute Gasteiger partial charge is 0.332 e. The molecular formula is C27H36O3. The van der Waals surface area contributed by atoms with Gasteiger partial charge in [0.1, 0.15) is 12.7 Å². The van der Waals surface area contributed by atoms with Crippen LogP contribution in [0.15, 0.2) is 60.7 Å². The first-order valence-corrected chi connectivity index (χ1v) is 11.4. The van der Waals surface area contributed by atoms with Crippen LogP contribution >= 0.6 is 0 Å². The zero-order valence-electron chi connectivity index (χ0n) is 18.8. The van der Waals surface area contributed by atoms with E-state index in [1.54, 1.807) is 0 Å². The predicted octanol–water partition coefficient (Wildman–Crippen LogP) is 6.55. The Morgan fingerprint density at radius 2 is 1.53 bits per heavy atom. The molecule has 3 heteroatoms. The number of hydrogen-bond acceptors (Lipinski definition) is 3. The van der Waals surface area contributed by atoms with Crippen molar-refractivity contribution < 1.29 is 14.3 Å². The summed E-state index contributed by atoms with van der Waals surface area (Å²) in [5, 5.41) is 0. The number of rotatable bonds is 8. The van der Waals surface area contributed by atoms with Gasteiger partial charge in [-0.2, -0.15) is 0 Å². The summed E-state index contributed by atoms with van der Waals surface area (Å²) in [5.74, 6) is 1.50. The maximum atomic E-state index is 12.8. The van der Waals surface area contributed by atoms with Gasteiger partial charge in [0, 0.05) is 5.92 Å². The van der Waals surface area contributed by atoms with Crippen LogP contribution in [0, 0.1) is 17.8 Å². The van der Waals surface area contributed by atoms with Gasteiger partial charge in [-0.3, -0.25) is 0 Å². The minimum absolute atomic E-state index is 0.0193. The van der Waals surface area contributed by atoms with Crippen LogP contribution in [0.5, 0.6) is 0 Å². The second-order valence-electron chi connectivity index (χ2n) is 9.20. The molecule has 0 N–H and O–H groups in total. The zero-order valence-corrected chi connectivity index (χ0v) is 18.8. The summed E-state index contributed by atoms with van der Waals surface area (Å²) in [6.07, 6.45) is 3.26. The molecule has 0 radical (unpaired) electrons. The summed E-state index contributed by atoms with van der Waals surface area (Å²) >= 11 is 0. The molecule has 0 aromatic heterocycles. The normalized spacial score (nSPS) is 23.7. The summed E-state index contributed by atoms with van der Waals surface area (Å²) in [6, 6.07) is 20.2. The van der Waals surface area contributed by atoms with Crippen LogP contribution in [-0.2, 0) is 14.3 Å². The highest BCUT2D eigenvalue weighted by molar-refractivity contribution is 5.71. The first kappa shape index (κ1) is 22.6. The first-order valence-electron chi connectivity index (χ1n) is 11.4. The number of carbonyl (C=O) groups excluding carboxylic acids is 1. The average Bonchev–Trinajstić information content (AvgIpc) is 2.76. The van der Waals surface area contributed by atoms with Gasteiger partial charge in [0.25, 0.3) is 0 Å². The van der Waals surface area contributed by atoms with Gasteiger partial charge in [-0.25, -0.2) is 4.79 Å². The molecule has 0 saturated heterocycles. The van der Waals surface area contributed by atoms with Gasteiger partial charge in [0.15, 0.2) is 0 Å². The molecule has 0 heterocycles. The van der Waals surface area contributed by atoms with E-state index in [1.165, 1.54) is 12.8 Å². The van der Waals surface area contributed by atoms with Crippen LogP contribution in [-0.4, -0.2) is 18.7 Å². The molecule has 0 aliphatic heterocycles. The topological polar surface area (TPSA) is 35.5 Å². The minimum Gasteiger partial charge on any atom is -0.455 e. The van der Waals surface area contributed by atoms with Crippen molar-refractivity contribution in [1.82, 2.24) is 0 Å². The lowest BCUT2D eigenvalue weighted by Crippen LogP contribution is -2.36. The first-order chi connectivity index (χ1) is 14.5. The van der Waals surface area contributed by atoms with Crippen molar-refractivity contribution in [2.45, 2.75) is 65.1 Å². The fourth-order valence-electron chi connectivity index (χ4n) is 4.69. The molecule has 2 aromatic rings. The molecule has 162 valence electrons. The van der Waals surface area contributed by atoms with E-state index in [4.69, 9.17) is 9.47 Å². The number of carbonyl (C=O) groups is 1. The average molecular weight is 409 g/mol. The molecule has 3 rings (SSSR count). The molecule has 0 amide bonds. The van der Waals surface area contributed by atoms with Crippen LogP contribution in [0.2, 0.25) is 0 Å². The Hall–Kier alpha value is -2.13. The largest absolute Gasteiger partial charge is 0.455 e. The van der Waals surface area contributed by atoms with Gasteiger partial charge in [-0.05, 0) is 41.7 Å². The lowest BCUT2D eigenvalue weighted by atomic mass is 9.75. The van der Waals surface area contributed by atoms with Crippen LogP contribution < -0.4 is 0 Å². The van der Waals surface area contributed by atoms with Crippen LogP contribution in [0.1, 0.15) is 70.1 Å². The molecule has 1 saturated carbocycles. The Labute approximate surface area is 181 Å². The molecule has 0 unspecified atom stereocenters. The van der Waals surface area contributed by atoms with Crippen molar-refractivity contribution in [3.05, 3.63) is 71.8 Å². The molecule has 5 atom stereocenters. The highest BCUT2D eigenvalue weighted by atomic mass is 16.6. The van der Waals surface area contributed by atoms with Gasteiger partial charge in [0.2, 0.25) is 0 Å². The molecule has 1 fully saturated rings. The fourth-order valence-corrected chi connectivity index (χ4v) is 4.69. The summed E-state index contributed by atoms with van der Waals surface area (Å²) in [7, 11) is 0. The Morgan fingerprint density at radius 3 is 2.13 bits per heavy atom. The Balaban J connectivity index is 1.67. The van der Waals surface area contributed by atoms with Crippen LogP contribution in [0.25, 0.3) is 0 Å². The summed E-state index contributed by atoms with van der Waals surface area (Å²) in [5.41, 5.74) is 2.16. The molecule has 1 aliphatic carbocycles. The minimum atomic E-state index is -0.337. The lowest BCUT2D eigenvalue weighted by molar-refractivity contribution is -0.161. The van der Waals surface area contributed by atoms with E-state index in [-0.39, 0.29) is 30.7 Å².